The molecule has 134 valence electrons. The van der Waals surface area contributed by atoms with Gasteiger partial charge in [-0.15, -0.1) is 0 Å². The first-order valence-electron chi connectivity index (χ1n) is 8.14. The fourth-order valence-electron chi connectivity index (χ4n) is 2.38. The predicted octanol–water partition coefficient (Wildman–Crippen LogP) is 3.66. The van der Waals surface area contributed by atoms with Gasteiger partial charge in [-0.25, -0.2) is 9.97 Å². The molecule has 1 amide bonds. The average molecular weight is 359 g/mol. The average Bonchev–Trinajstić information content (AvgIpc) is 2.69. The molecular formula is C20H17N5O2. The number of aromatic nitrogens is 2. The number of nitrogens with one attached hydrogen (secondary N) is 2. The largest absolute Gasteiger partial charge is 0.495 e. The van der Waals surface area contributed by atoms with Gasteiger partial charge in [-0.1, -0.05) is 6.07 Å². The van der Waals surface area contributed by atoms with Gasteiger partial charge in [0.05, 0.1) is 30.0 Å². The lowest BCUT2D eigenvalue weighted by atomic mass is 10.2. The lowest BCUT2D eigenvalue weighted by Crippen LogP contribution is -2.13. The van der Waals surface area contributed by atoms with Crippen LogP contribution in [-0.4, -0.2) is 23.0 Å². The van der Waals surface area contributed by atoms with Gasteiger partial charge < -0.3 is 15.4 Å². The predicted molar refractivity (Wildman–Crippen MR) is 102 cm³/mol. The molecule has 1 aromatic heterocycles. The van der Waals surface area contributed by atoms with Crippen LogP contribution in [0.2, 0.25) is 0 Å². The molecule has 0 saturated heterocycles. The van der Waals surface area contributed by atoms with Crippen molar-refractivity contribution < 1.29 is 9.53 Å². The maximum absolute atomic E-state index is 12.3. The quantitative estimate of drug-likeness (QED) is 0.721. The van der Waals surface area contributed by atoms with Crippen LogP contribution >= 0.6 is 0 Å². The van der Waals surface area contributed by atoms with E-state index in [1.165, 1.54) is 12.4 Å². The second-order valence-corrected chi connectivity index (χ2v) is 5.77. The second kappa shape index (κ2) is 7.97. The first-order valence-corrected chi connectivity index (χ1v) is 8.14. The number of methoxy groups -OCH3 is 1. The topological polar surface area (TPSA) is 99.9 Å². The first-order chi connectivity index (χ1) is 13.1. The number of hydrogen-bond acceptors (Lipinski definition) is 6. The maximum atomic E-state index is 12.3. The van der Waals surface area contributed by atoms with Crippen molar-refractivity contribution >= 4 is 23.2 Å². The Labute approximate surface area is 156 Å². The zero-order chi connectivity index (χ0) is 19.2. The maximum Gasteiger partial charge on any atom is 0.258 e. The van der Waals surface area contributed by atoms with Crippen LogP contribution in [0.5, 0.6) is 5.75 Å². The Morgan fingerprint density at radius 3 is 2.44 bits per heavy atom. The van der Waals surface area contributed by atoms with E-state index in [-0.39, 0.29) is 5.91 Å². The van der Waals surface area contributed by atoms with Gasteiger partial charge in [-0.3, -0.25) is 4.79 Å². The Morgan fingerprint density at radius 2 is 1.81 bits per heavy atom. The van der Waals surface area contributed by atoms with E-state index in [4.69, 9.17) is 10.00 Å². The number of nitriles is 1. The van der Waals surface area contributed by atoms with Crippen LogP contribution < -0.4 is 15.4 Å². The normalized spacial score (nSPS) is 9.96. The summed E-state index contributed by atoms with van der Waals surface area (Å²) in [6, 6.07) is 14.4. The van der Waals surface area contributed by atoms with Gasteiger partial charge in [0.1, 0.15) is 5.75 Å². The lowest BCUT2D eigenvalue weighted by Gasteiger charge is -2.11. The molecule has 27 heavy (non-hydrogen) atoms. The summed E-state index contributed by atoms with van der Waals surface area (Å²) in [7, 11) is 1.59. The molecule has 0 spiro atoms. The minimum Gasteiger partial charge on any atom is -0.495 e. The number of anilines is 3. The van der Waals surface area contributed by atoms with Crippen LogP contribution in [0.4, 0.5) is 17.3 Å². The fraction of sp³-hybridized carbons (Fsp3) is 0.100. The molecule has 0 unspecified atom stereocenters. The molecule has 2 N–H and O–H groups in total. The molecule has 1 heterocycles. The van der Waals surface area contributed by atoms with E-state index in [9.17, 15) is 4.79 Å². The van der Waals surface area contributed by atoms with Gasteiger partial charge in [0, 0.05) is 18.1 Å². The highest BCUT2D eigenvalue weighted by atomic mass is 16.5. The van der Waals surface area contributed by atoms with Crippen molar-refractivity contribution in [3.63, 3.8) is 0 Å². The molecule has 7 nitrogen and oxygen atoms in total. The number of hydrogen-bond donors (Lipinski definition) is 2. The van der Waals surface area contributed by atoms with Crippen LogP contribution in [0.25, 0.3) is 0 Å². The van der Waals surface area contributed by atoms with Crippen molar-refractivity contribution in [2.75, 3.05) is 17.7 Å². The minimum atomic E-state index is -0.334. The SMILES string of the molecule is COc1ccc(C)cc1Nc1ncc(C(=O)Nc2ccc(C#N)cc2)cn1. The van der Waals surface area contributed by atoms with Crippen LogP contribution in [0.1, 0.15) is 21.5 Å². The number of carbonyl (C=O) groups is 1. The number of amides is 1. The van der Waals surface area contributed by atoms with E-state index in [2.05, 4.69) is 20.6 Å². The third-order valence-corrected chi connectivity index (χ3v) is 3.79. The van der Waals surface area contributed by atoms with E-state index in [0.29, 0.717) is 28.5 Å². The number of benzene rings is 2. The third-order valence-electron chi connectivity index (χ3n) is 3.79. The van der Waals surface area contributed by atoms with Gasteiger partial charge in [-0.2, -0.15) is 5.26 Å². The number of nitrogens with zero attached hydrogens (tertiary/aromatic N) is 3. The van der Waals surface area contributed by atoms with Gasteiger partial charge in [-0.05, 0) is 48.9 Å². The number of carbonyl (C=O) groups excluding carboxylic acids is 1. The number of rotatable bonds is 5. The molecule has 3 aromatic rings. The Kier molecular flexibility index (Phi) is 5.28. The van der Waals surface area contributed by atoms with E-state index in [1.54, 1.807) is 31.4 Å². The third kappa shape index (κ3) is 4.38. The molecular weight excluding hydrogens is 342 g/mol. The van der Waals surface area contributed by atoms with E-state index in [0.717, 1.165) is 11.3 Å². The van der Waals surface area contributed by atoms with Crippen molar-refractivity contribution in [1.82, 2.24) is 9.97 Å². The highest BCUT2D eigenvalue weighted by molar-refractivity contribution is 6.03. The molecule has 0 saturated carbocycles. The zero-order valence-corrected chi connectivity index (χ0v) is 14.9. The summed E-state index contributed by atoms with van der Waals surface area (Å²) in [4.78, 5) is 20.7. The Hall–Kier alpha value is -3.92. The monoisotopic (exact) mass is 359 g/mol. The van der Waals surface area contributed by atoms with Gasteiger partial charge >= 0.3 is 0 Å². The molecule has 0 aliphatic heterocycles. The Balaban J connectivity index is 1.70. The van der Waals surface area contributed by atoms with Crippen molar-refractivity contribution in [1.29, 1.82) is 5.26 Å². The van der Waals surface area contributed by atoms with Gasteiger partial charge in [0.25, 0.3) is 5.91 Å². The van der Waals surface area contributed by atoms with Crippen molar-refractivity contribution in [3.05, 3.63) is 71.5 Å². The zero-order valence-electron chi connectivity index (χ0n) is 14.9. The number of aryl methyl sites for hydroxylation is 1. The summed E-state index contributed by atoms with van der Waals surface area (Å²) in [5, 5.41) is 14.6. The van der Waals surface area contributed by atoms with Gasteiger partial charge in [0.15, 0.2) is 0 Å². The minimum absolute atomic E-state index is 0.320. The number of ether oxygens (including phenoxy) is 1. The smallest absolute Gasteiger partial charge is 0.258 e. The molecule has 0 aliphatic carbocycles. The highest BCUT2D eigenvalue weighted by Gasteiger charge is 2.09. The molecule has 7 heteroatoms. The van der Waals surface area contributed by atoms with Crippen LogP contribution in [0, 0.1) is 18.3 Å². The summed E-state index contributed by atoms with van der Waals surface area (Å²) in [6.07, 6.45) is 2.88. The van der Waals surface area contributed by atoms with Crippen molar-refractivity contribution in [2.45, 2.75) is 6.92 Å². The van der Waals surface area contributed by atoms with Crippen LogP contribution in [-0.2, 0) is 0 Å². The molecule has 3 rings (SSSR count). The fourth-order valence-corrected chi connectivity index (χ4v) is 2.38. The van der Waals surface area contributed by atoms with E-state index < -0.39 is 0 Å². The molecule has 0 bridgehead atoms. The first kappa shape index (κ1) is 17.9. The molecule has 0 atom stereocenters. The summed E-state index contributed by atoms with van der Waals surface area (Å²) in [5.41, 5.74) is 3.24. The van der Waals surface area contributed by atoms with Crippen molar-refractivity contribution in [2.24, 2.45) is 0 Å². The molecule has 0 radical (unpaired) electrons. The van der Waals surface area contributed by atoms with Crippen LogP contribution in [0.15, 0.2) is 54.9 Å². The Morgan fingerprint density at radius 1 is 1.11 bits per heavy atom. The summed E-state index contributed by atoms with van der Waals surface area (Å²) in [5.74, 6) is 0.694. The van der Waals surface area contributed by atoms with Crippen LogP contribution in [0.3, 0.4) is 0 Å². The lowest BCUT2D eigenvalue weighted by molar-refractivity contribution is 0.102. The molecule has 2 aromatic carbocycles. The summed E-state index contributed by atoms with van der Waals surface area (Å²) in [6.45, 7) is 1.97. The molecule has 0 fully saturated rings. The van der Waals surface area contributed by atoms with E-state index >= 15 is 0 Å². The Bertz CT molecular complexity index is 992. The summed E-state index contributed by atoms with van der Waals surface area (Å²) < 4.78 is 5.32. The van der Waals surface area contributed by atoms with Gasteiger partial charge in [0.2, 0.25) is 5.95 Å². The molecule has 0 aliphatic rings. The van der Waals surface area contributed by atoms with E-state index in [1.807, 2.05) is 31.2 Å². The highest BCUT2D eigenvalue weighted by Crippen LogP contribution is 2.27. The standard InChI is InChI=1S/C20H17N5O2/c1-13-3-8-18(27-2)17(9-13)25-20-22-11-15(12-23-20)19(26)24-16-6-4-14(10-21)5-7-16/h3-9,11-12H,1-2H3,(H,24,26)(H,22,23,25). The summed E-state index contributed by atoms with van der Waals surface area (Å²) >= 11 is 0. The second-order valence-electron chi connectivity index (χ2n) is 5.77. The van der Waals surface area contributed by atoms with Crippen molar-refractivity contribution in [3.8, 4) is 11.8 Å².